The van der Waals surface area contributed by atoms with Gasteiger partial charge in [-0.2, -0.15) is 0 Å². The molecule has 0 unspecified atom stereocenters. The van der Waals surface area contributed by atoms with E-state index in [2.05, 4.69) is 9.80 Å². The summed E-state index contributed by atoms with van der Waals surface area (Å²) in [5, 5.41) is 19.3. The molecule has 2 heterocycles. The van der Waals surface area contributed by atoms with Crippen molar-refractivity contribution in [2.45, 2.75) is 13.8 Å². The lowest BCUT2D eigenvalue weighted by atomic mass is 9.93. The summed E-state index contributed by atoms with van der Waals surface area (Å²) >= 11 is 0. The molecule has 164 valence electrons. The minimum atomic E-state index is -0.795. The van der Waals surface area contributed by atoms with Crippen LogP contribution in [0.5, 0.6) is 23.0 Å². The second-order valence-electron chi connectivity index (χ2n) is 8.50. The number of nitrogens with zero attached hydrogens (tertiary/aromatic N) is 3. The van der Waals surface area contributed by atoms with E-state index in [-0.39, 0.29) is 5.75 Å². The molecule has 0 aliphatic carbocycles. The van der Waals surface area contributed by atoms with Crippen molar-refractivity contribution in [3.63, 3.8) is 0 Å². The summed E-state index contributed by atoms with van der Waals surface area (Å²) < 4.78 is 11.5. The van der Waals surface area contributed by atoms with Gasteiger partial charge in [-0.3, -0.25) is 9.69 Å². The van der Waals surface area contributed by atoms with Crippen molar-refractivity contribution < 1.29 is 24.5 Å². The Balaban J connectivity index is 1.64. The van der Waals surface area contributed by atoms with Gasteiger partial charge in [0.1, 0.15) is 28.8 Å². The van der Waals surface area contributed by atoms with Gasteiger partial charge in [-0.1, -0.05) is 0 Å². The number of carbonyl (C=O) groups is 1. The summed E-state index contributed by atoms with van der Waals surface area (Å²) in [5.41, 5.74) is 0.656. The molecule has 0 saturated carbocycles. The van der Waals surface area contributed by atoms with Gasteiger partial charge in [0.25, 0.3) is 0 Å². The molecule has 0 amide bonds. The Morgan fingerprint density at radius 3 is 2.55 bits per heavy atom. The van der Waals surface area contributed by atoms with E-state index in [9.17, 15) is 15.0 Å². The zero-order chi connectivity index (χ0) is 22.2. The van der Waals surface area contributed by atoms with Crippen LogP contribution in [0.3, 0.4) is 0 Å². The van der Waals surface area contributed by atoms with Gasteiger partial charge in [-0.15, -0.1) is 0 Å². The van der Waals surface area contributed by atoms with Gasteiger partial charge >= 0.3 is 5.97 Å². The van der Waals surface area contributed by atoms with Crippen molar-refractivity contribution in [3.8, 4) is 23.0 Å². The first-order valence-electron chi connectivity index (χ1n) is 10.3. The summed E-state index contributed by atoms with van der Waals surface area (Å²) in [6.07, 6.45) is 0. The number of rotatable bonds is 4. The van der Waals surface area contributed by atoms with Gasteiger partial charge in [0.05, 0.1) is 18.1 Å². The highest BCUT2D eigenvalue weighted by molar-refractivity contribution is 6.04. The van der Waals surface area contributed by atoms with E-state index >= 15 is 0 Å². The van der Waals surface area contributed by atoms with E-state index in [4.69, 9.17) is 14.5 Å². The second-order valence-corrected chi connectivity index (χ2v) is 8.50. The van der Waals surface area contributed by atoms with Crippen molar-refractivity contribution in [3.05, 3.63) is 42.0 Å². The predicted octanol–water partition coefficient (Wildman–Crippen LogP) is 3.31. The van der Waals surface area contributed by atoms with E-state index in [1.165, 1.54) is 0 Å². The second kappa shape index (κ2) is 8.11. The fourth-order valence-electron chi connectivity index (χ4n) is 3.86. The Morgan fingerprint density at radius 2 is 1.87 bits per heavy atom. The minimum absolute atomic E-state index is 0.113. The van der Waals surface area contributed by atoms with Crippen LogP contribution in [0.15, 0.2) is 41.4 Å². The third-order valence-electron chi connectivity index (χ3n) is 5.69. The topological polar surface area (TPSA) is 94.8 Å². The number of aromatic hydroxyl groups is 1. The monoisotopic (exact) mass is 425 g/mol. The average Bonchev–Trinajstić information content (AvgIpc) is 2.89. The maximum absolute atomic E-state index is 11.5. The van der Waals surface area contributed by atoms with Crippen LogP contribution in [-0.4, -0.2) is 71.7 Å². The van der Waals surface area contributed by atoms with Crippen LogP contribution in [0.2, 0.25) is 0 Å². The molecule has 1 fully saturated rings. The highest BCUT2D eigenvalue weighted by Crippen LogP contribution is 2.41. The largest absolute Gasteiger partial charge is 0.508 e. The number of amidine groups is 1. The van der Waals surface area contributed by atoms with Gasteiger partial charge in [0.15, 0.2) is 5.75 Å². The predicted molar refractivity (Wildman–Crippen MR) is 117 cm³/mol. The Labute approximate surface area is 181 Å². The number of methoxy groups -OCH3 is 1. The van der Waals surface area contributed by atoms with Crippen LogP contribution in [0.1, 0.15) is 19.4 Å². The molecule has 0 atom stereocenters. The van der Waals surface area contributed by atoms with Crippen LogP contribution >= 0.6 is 0 Å². The van der Waals surface area contributed by atoms with Crippen LogP contribution in [0, 0.1) is 5.41 Å². The number of hydrogen-bond donors (Lipinski definition) is 2. The lowest BCUT2D eigenvalue weighted by molar-refractivity contribution is -0.148. The van der Waals surface area contributed by atoms with Crippen molar-refractivity contribution >= 4 is 17.5 Å². The Hall–Kier alpha value is -3.26. The summed E-state index contributed by atoms with van der Waals surface area (Å²) in [6.45, 7) is 6.89. The molecule has 8 nitrogen and oxygen atoms in total. The maximum atomic E-state index is 11.5. The van der Waals surface area contributed by atoms with Gasteiger partial charge < -0.3 is 24.6 Å². The Bertz CT molecular complexity index is 1030. The molecule has 4 rings (SSSR count). The maximum Gasteiger partial charge on any atom is 0.310 e. The summed E-state index contributed by atoms with van der Waals surface area (Å²) in [4.78, 5) is 20.7. The quantitative estimate of drug-likeness (QED) is 0.776. The molecule has 0 aromatic heterocycles. The third-order valence-corrected chi connectivity index (χ3v) is 5.69. The molecule has 2 aromatic rings. The first kappa shape index (κ1) is 21.0. The van der Waals surface area contributed by atoms with Crippen LogP contribution in [0.25, 0.3) is 0 Å². The fraction of sp³-hybridized carbons (Fsp3) is 0.391. The molecule has 2 aliphatic heterocycles. The third kappa shape index (κ3) is 4.29. The van der Waals surface area contributed by atoms with Gasteiger partial charge in [0.2, 0.25) is 0 Å². The first-order chi connectivity index (χ1) is 14.8. The van der Waals surface area contributed by atoms with E-state index < -0.39 is 11.4 Å². The molecule has 8 heteroatoms. The molecule has 2 aliphatic rings. The molecular weight excluding hydrogens is 398 g/mol. The van der Waals surface area contributed by atoms with E-state index in [0.717, 1.165) is 24.5 Å². The van der Waals surface area contributed by atoms with Crippen molar-refractivity contribution in [2.24, 2.45) is 10.4 Å². The number of carboxylic acid groups (broad SMARTS) is 1. The van der Waals surface area contributed by atoms with Crippen LogP contribution in [0.4, 0.5) is 5.69 Å². The molecule has 0 radical (unpaired) electrons. The molecule has 2 aromatic carbocycles. The normalized spacial score (nSPS) is 16.5. The molecule has 31 heavy (non-hydrogen) atoms. The Morgan fingerprint density at radius 1 is 1.13 bits per heavy atom. The minimum Gasteiger partial charge on any atom is -0.508 e. The first-order valence-corrected chi connectivity index (χ1v) is 10.3. The average molecular weight is 425 g/mol. The van der Waals surface area contributed by atoms with E-state index in [1.54, 1.807) is 39.2 Å². The van der Waals surface area contributed by atoms with Gasteiger partial charge in [-0.05, 0) is 44.2 Å². The number of carboxylic acids is 1. The molecular formula is C23H27N3O5. The lowest BCUT2D eigenvalue weighted by Crippen LogP contribution is -2.52. The molecule has 1 saturated heterocycles. The number of aliphatic imine (C=N–C) groups is 1. The smallest absolute Gasteiger partial charge is 0.310 e. The SMILES string of the molecule is COc1ccc2c(c1)C(N1CCN(CC(C)(C)C(=O)O)CC1)=Nc1ccc(O)cc1O2. The number of fused-ring (bicyclic) bond motifs is 2. The van der Waals surface area contributed by atoms with Crippen LogP contribution in [-0.2, 0) is 4.79 Å². The standard InChI is InChI=1S/C23H27N3O5/c1-23(2,22(28)29)14-25-8-10-26(11-9-25)21-17-13-16(30-3)5-7-19(17)31-20-12-15(27)4-6-18(20)24-21/h4-7,12-13,27H,8-11,14H2,1-3H3,(H,28,29). The van der Waals surface area contributed by atoms with Gasteiger partial charge in [-0.25, -0.2) is 4.99 Å². The fourth-order valence-corrected chi connectivity index (χ4v) is 3.86. The number of ether oxygens (including phenoxy) is 2. The summed E-state index contributed by atoms with van der Waals surface area (Å²) in [7, 11) is 1.62. The molecule has 2 N–H and O–H groups in total. The lowest BCUT2D eigenvalue weighted by Gasteiger charge is -2.39. The van der Waals surface area contributed by atoms with Crippen molar-refractivity contribution in [1.82, 2.24) is 9.80 Å². The number of aliphatic carboxylic acids is 1. The molecule has 0 bridgehead atoms. The van der Waals surface area contributed by atoms with Crippen LogP contribution < -0.4 is 9.47 Å². The number of piperazine rings is 1. The number of phenolic OH excluding ortho intramolecular Hbond substituents is 1. The zero-order valence-electron chi connectivity index (χ0n) is 18.0. The van der Waals surface area contributed by atoms with E-state index in [1.807, 2.05) is 18.2 Å². The highest BCUT2D eigenvalue weighted by atomic mass is 16.5. The van der Waals surface area contributed by atoms with Crippen molar-refractivity contribution in [2.75, 3.05) is 39.8 Å². The number of phenols is 1. The van der Waals surface area contributed by atoms with Crippen molar-refractivity contribution in [1.29, 1.82) is 0 Å². The summed E-state index contributed by atoms with van der Waals surface area (Å²) in [6, 6.07) is 10.5. The highest BCUT2D eigenvalue weighted by Gasteiger charge is 2.32. The number of hydrogen-bond acceptors (Lipinski definition) is 7. The van der Waals surface area contributed by atoms with Gasteiger partial charge in [0, 0.05) is 38.8 Å². The molecule has 0 spiro atoms. The summed E-state index contributed by atoms with van der Waals surface area (Å²) in [5.74, 6) is 1.92. The number of benzene rings is 2. The van der Waals surface area contributed by atoms with E-state index in [0.29, 0.717) is 42.6 Å². The Kier molecular flexibility index (Phi) is 5.49. The zero-order valence-corrected chi connectivity index (χ0v) is 18.0.